The van der Waals surface area contributed by atoms with Crippen LogP contribution in [0.4, 0.5) is 0 Å². The lowest BCUT2D eigenvalue weighted by Gasteiger charge is -2.17. The van der Waals surface area contributed by atoms with Crippen molar-refractivity contribution in [3.63, 3.8) is 0 Å². The number of aliphatic hydroxyl groups excluding tert-OH is 1. The van der Waals surface area contributed by atoms with Crippen LogP contribution in [-0.2, 0) is 4.74 Å². The molecule has 3 unspecified atom stereocenters. The largest absolute Gasteiger partial charge is 0.389 e. The van der Waals surface area contributed by atoms with Gasteiger partial charge in [-0.2, -0.15) is 11.8 Å². The highest BCUT2D eigenvalue weighted by Gasteiger charge is 2.23. The summed E-state index contributed by atoms with van der Waals surface area (Å²) in [4.78, 5) is 0. The topological polar surface area (TPSA) is 41.5 Å². The Morgan fingerprint density at radius 3 is 2.75 bits per heavy atom. The zero-order chi connectivity index (χ0) is 12.0. The van der Waals surface area contributed by atoms with Gasteiger partial charge in [-0.25, -0.2) is 0 Å². The summed E-state index contributed by atoms with van der Waals surface area (Å²) < 4.78 is 5.37. The molecule has 1 fully saturated rings. The van der Waals surface area contributed by atoms with E-state index in [0.29, 0.717) is 19.2 Å². The third-order valence-corrected chi connectivity index (χ3v) is 4.08. The van der Waals surface area contributed by atoms with Crippen LogP contribution in [0.2, 0.25) is 0 Å². The van der Waals surface area contributed by atoms with Crippen molar-refractivity contribution in [2.24, 2.45) is 0 Å². The van der Waals surface area contributed by atoms with E-state index in [1.165, 1.54) is 19.3 Å². The molecule has 16 heavy (non-hydrogen) atoms. The van der Waals surface area contributed by atoms with Crippen molar-refractivity contribution in [3.05, 3.63) is 0 Å². The lowest BCUT2D eigenvalue weighted by molar-refractivity contribution is 0.00552. The molecule has 1 saturated carbocycles. The second-order valence-corrected chi connectivity index (χ2v) is 5.95. The standard InChI is InChI=1S/C12H25NO2S/c1-9(2)15-8-11(14)7-13-10-4-5-12(6-10)16-3/h9-14H,4-8H2,1-3H3. The number of hydrogen-bond acceptors (Lipinski definition) is 4. The van der Waals surface area contributed by atoms with E-state index in [1.54, 1.807) is 0 Å². The van der Waals surface area contributed by atoms with E-state index in [1.807, 2.05) is 25.6 Å². The molecule has 3 nitrogen and oxygen atoms in total. The molecule has 4 heteroatoms. The molecule has 0 bridgehead atoms. The fourth-order valence-electron chi connectivity index (χ4n) is 2.00. The molecule has 3 atom stereocenters. The van der Waals surface area contributed by atoms with Crippen LogP contribution in [0.15, 0.2) is 0 Å². The third kappa shape index (κ3) is 5.53. The van der Waals surface area contributed by atoms with Crippen molar-refractivity contribution in [1.82, 2.24) is 5.32 Å². The zero-order valence-electron chi connectivity index (χ0n) is 10.6. The Morgan fingerprint density at radius 1 is 1.44 bits per heavy atom. The van der Waals surface area contributed by atoms with E-state index in [9.17, 15) is 5.11 Å². The van der Waals surface area contributed by atoms with Crippen LogP contribution in [-0.4, -0.2) is 48.0 Å². The van der Waals surface area contributed by atoms with Gasteiger partial charge in [0.2, 0.25) is 0 Å². The number of aliphatic hydroxyl groups is 1. The smallest absolute Gasteiger partial charge is 0.0897 e. The van der Waals surface area contributed by atoms with Gasteiger partial charge in [0, 0.05) is 17.8 Å². The van der Waals surface area contributed by atoms with Gasteiger partial charge in [-0.15, -0.1) is 0 Å². The third-order valence-electron chi connectivity index (χ3n) is 2.98. The van der Waals surface area contributed by atoms with Gasteiger partial charge in [-0.1, -0.05) is 0 Å². The van der Waals surface area contributed by atoms with Crippen LogP contribution in [0, 0.1) is 0 Å². The molecule has 1 aliphatic carbocycles. The van der Waals surface area contributed by atoms with Crippen LogP contribution in [0.3, 0.4) is 0 Å². The molecule has 1 rings (SSSR count). The zero-order valence-corrected chi connectivity index (χ0v) is 11.4. The molecule has 0 saturated heterocycles. The van der Waals surface area contributed by atoms with Gasteiger partial charge in [-0.05, 0) is 39.4 Å². The van der Waals surface area contributed by atoms with Crippen molar-refractivity contribution in [2.45, 2.75) is 56.6 Å². The first-order valence-electron chi connectivity index (χ1n) is 6.17. The Kier molecular flexibility index (Phi) is 6.73. The summed E-state index contributed by atoms with van der Waals surface area (Å²) in [6.07, 6.45) is 5.77. The van der Waals surface area contributed by atoms with E-state index in [4.69, 9.17) is 4.74 Å². The molecular weight excluding hydrogens is 222 g/mol. The van der Waals surface area contributed by atoms with Gasteiger partial charge in [0.1, 0.15) is 0 Å². The molecule has 0 aromatic heterocycles. The Morgan fingerprint density at radius 2 is 2.19 bits per heavy atom. The van der Waals surface area contributed by atoms with Gasteiger partial charge in [0.25, 0.3) is 0 Å². The van der Waals surface area contributed by atoms with Crippen molar-refractivity contribution in [2.75, 3.05) is 19.4 Å². The Labute approximate surface area is 103 Å². The normalized spacial score (nSPS) is 27.6. The van der Waals surface area contributed by atoms with Crippen molar-refractivity contribution >= 4 is 11.8 Å². The Balaban J connectivity index is 2.06. The number of ether oxygens (including phenoxy) is 1. The summed E-state index contributed by atoms with van der Waals surface area (Å²) in [5.74, 6) is 0. The predicted octanol–water partition coefficient (Wildman–Crippen LogP) is 1.65. The van der Waals surface area contributed by atoms with Crippen LogP contribution in [0.25, 0.3) is 0 Å². The molecule has 0 amide bonds. The average Bonchev–Trinajstić information content (AvgIpc) is 2.71. The molecule has 0 heterocycles. The van der Waals surface area contributed by atoms with Crippen molar-refractivity contribution in [3.8, 4) is 0 Å². The first-order chi connectivity index (χ1) is 7.61. The van der Waals surface area contributed by atoms with Gasteiger partial charge in [-0.3, -0.25) is 0 Å². The maximum Gasteiger partial charge on any atom is 0.0897 e. The highest BCUT2D eigenvalue weighted by atomic mass is 32.2. The predicted molar refractivity (Wildman–Crippen MR) is 70.0 cm³/mol. The SMILES string of the molecule is CSC1CCC(NCC(O)COC(C)C)C1. The summed E-state index contributed by atoms with van der Waals surface area (Å²) in [6, 6.07) is 0.589. The summed E-state index contributed by atoms with van der Waals surface area (Å²) in [6.45, 7) is 5.06. The number of hydrogen-bond donors (Lipinski definition) is 2. The fraction of sp³-hybridized carbons (Fsp3) is 1.00. The molecule has 0 aromatic carbocycles. The van der Waals surface area contributed by atoms with E-state index >= 15 is 0 Å². The minimum absolute atomic E-state index is 0.196. The van der Waals surface area contributed by atoms with Crippen LogP contribution in [0.1, 0.15) is 33.1 Å². The first-order valence-corrected chi connectivity index (χ1v) is 7.46. The lowest BCUT2D eigenvalue weighted by atomic mass is 10.2. The van der Waals surface area contributed by atoms with Gasteiger partial charge in [0.05, 0.1) is 18.8 Å². The summed E-state index contributed by atoms with van der Waals surface area (Å²) in [7, 11) is 0. The fourth-order valence-corrected chi connectivity index (χ4v) is 2.80. The summed E-state index contributed by atoms with van der Waals surface area (Å²) in [5.41, 5.74) is 0. The number of nitrogens with one attached hydrogen (secondary N) is 1. The highest BCUT2D eigenvalue weighted by Crippen LogP contribution is 2.27. The van der Waals surface area contributed by atoms with E-state index in [2.05, 4.69) is 11.6 Å². The van der Waals surface area contributed by atoms with Gasteiger partial charge < -0.3 is 15.2 Å². The Hall–Kier alpha value is 0.230. The first kappa shape index (κ1) is 14.3. The van der Waals surface area contributed by atoms with Crippen molar-refractivity contribution in [1.29, 1.82) is 0 Å². The number of thioether (sulfide) groups is 1. The van der Waals surface area contributed by atoms with Crippen molar-refractivity contribution < 1.29 is 9.84 Å². The summed E-state index contributed by atoms with van der Waals surface area (Å²) >= 11 is 1.96. The molecule has 2 N–H and O–H groups in total. The number of rotatable bonds is 7. The Bertz CT molecular complexity index is 190. The van der Waals surface area contributed by atoms with Gasteiger partial charge in [0.15, 0.2) is 0 Å². The summed E-state index contributed by atoms with van der Waals surface area (Å²) in [5, 5.41) is 13.9. The molecule has 0 radical (unpaired) electrons. The lowest BCUT2D eigenvalue weighted by Crippen LogP contribution is -2.36. The van der Waals surface area contributed by atoms with Crippen LogP contribution >= 0.6 is 11.8 Å². The maximum absolute atomic E-state index is 9.69. The van der Waals surface area contributed by atoms with Crippen LogP contribution < -0.4 is 5.32 Å². The molecule has 1 aliphatic rings. The van der Waals surface area contributed by atoms with E-state index < -0.39 is 0 Å². The maximum atomic E-state index is 9.69. The minimum Gasteiger partial charge on any atom is -0.389 e. The molecule has 96 valence electrons. The van der Waals surface area contributed by atoms with Crippen LogP contribution in [0.5, 0.6) is 0 Å². The molecule has 0 aliphatic heterocycles. The highest BCUT2D eigenvalue weighted by molar-refractivity contribution is 7.99. The van der Waals surface area contributed by atoms with E-state index in [0.717, 1.165) is 5.25 Å². The molecule has 0 aromatic rings. The molecule has 0 spiro atoms. The monoisotopic (exact) mass is 247 g/mol. The quantitative estimate of drug-likeness (QED) is 0.718. The average molecular weight is 247 g/mol. The van der Waals surface area contributed by atoms with Gasteiger partial charge >= 0.3 is 0 Å². The second kappa shape index (κ2) is 7.54. The minimum atomic E-state index is -0.379. The van der Waals surface area contributed by atoms with E-state index in [-0.39, 0.29) is 12.2 Å². The molecular formula is C12H25NO2S. The second-order valence-electron chi connectivity index (χ2n) is 4.81.